The van der Waals surface area contributed by atoms with E-state index in [4.69, 9.17) is 0 Å². The second kappa shape index (κ2) is 7.10. The summed E-state index contributed by atoms with van der Waals surface area (Å²) in [4.78, 5) is 25.8. The molecule has 1 amide bonds. The first-order chi connectivity index (χ1) is 13.1. The zero-order valence-corrected chi connectivity index (χ0v) is 14.3. The van der Waals surface area contributed by atoms with Crippen LogP contribution in [0.2, 0.25) is 0 Å². The van der Waals surface area contributed by atoms with Gasteiger partial charge in [0.25, 0.3) is 11.6 Å². The fourth-order valence-electron chi connectivity index (χ4n) is 2.39. The molecule has 0 spiro atoms. The number of pyridine rings is 1. The van der Waals surface area contributed by atoms with Crippen molar-refractivity contribution in [3.8, 4) is 5.69 Å². The van der Waals surface area contributed by atoms with Crippen LogP contribution in [-0.4, -0.2) is 25.6 Å². The zero-order chi connectivity index (χ0) is 20.5. The van der Waals surface area contributed by atoms with Crippen molar-refractivity contribution in [3.05, 3.63) is 75.7 Å². The number of carbonyl (C=O) groups is 1. The van der Waals surface area contributed by atoms with Crippen LogP contribution in [0.1, 0.15) is 21.7 Å². The van der Waals surface area contributed by atoms with Crippen LogP contribution < -0.4 is 5.32 Å². The molecule has 144 valence electrons. The second-order valence-electron chi connectivity index (χ2n) is 5.74. The summed E-state index contributed by atoms with van der Waals surface area (Å²) in [6.45, 7) is 1.68. The van der Waals surface area contributed by atoms with Gasteiger partial charge in [-0.15, -0.1) is 0 Å². The molecule has 0 bridgehead atoms. The number of benzene rings is 1. The fraction of sp³-hybridized carbons (Fsp3) is 0.118. The molecule has 28 heavy (non-hydrogen) atoms. The number of hydrogen-bond acceptors (Lipinski definition) is 5. The Labute approximate surface area is 155 Å². The van der Waals surface area contributed by atoms with Gasteiger partial charge in [-0.1, -0.05) is 0 Å². The van der Waals surface area contributed by atoms with Crippen LogP contribution in [0.4, 0.5) is 24.7 Å². The lowest BCUT2D eigenvalue weighted by atomic mass is 10.2. The van der Waals surface area contributed by atoms with E-state index in [1.807, 2.05) is 0 Å². The first kappa shape index (κ1) is 19.0. The smallest absolute Gasteiger partial charge is 0.306 e. The summed E-state index contributed by atoms with van der Waals surface area (Å²) in [5, 5.41) is 17.5. The summed E-state index contributed by atoms with van der Waals surface area (Å²) in [6.07, 6.45) is -3.77. The number of hydrogen-bond donors (Lipinski definition) is 1. The largest absolute Gasteiger partial charge is 0.433 e. The van der Waals surface area contributed by atoms with Crippen molar-refractivity contribution in [1.82, 2.24) is 14.8 Å². The highest BCUT2D eigenvalue weighted by atomic mass is 19.4. The zero-order valence-electron chi connectivity index (χ0n) is 14.3. The molecule has 2 aromatic heterocycles. The number of carbonyl (C=O) groups excluding carboxylic acids is 1. The average molecular weight is 391 g/mol. The van der Waals surface area contributed by atoms with Gasteiger partial charge in [0.1, 0.15) is 11.5 Å². The molecule has 3 rings (SSSR count). The molecule has 1 aromatic carbocycles. The molecular weight excluding hydrogens is 379 g/mol. The van der Waals surface area contributed by atoms with E-state index >= 15 is 0 Å². The van der Waals surface area contributed by atoms with Crippen LogP contribution in [0.15, 0.2) is 48.7 Å². The van der Waals surface area contributed by atoms with E-state index in [9.17, 15) is 28.1 Å². The Hall–Kier alpha value is -3.76. The minimum Gasteiger partial charge on any atom is -0.306 e. The molecule has 0 saturated carbocycles. The number of anilines is 1. The van der Waals surface area contributed by atoms with Gasteiger partial charge >= 0.3 is 6.18 Å². The Bertz CT molecular complexity index is 1030. The standard InChI is InChI=1S/C17H12F3N5O3/c1-10-8-15(24(23-10)12-3-5-13(6-4-12)25(27)28)22-16(26)11-2-7-14(21-9-11)17(18,19)20/h2-9H,1H3,(H,22,26). The topological polar surface area (TPSA) is 103 Å². The maximum atomic E-state index is 12.6. The molecular formula is C17H12F3N5O3. The Kier molecular flexibility index (Phi) is 4.82. The summed E-state index contributed by atoms with van der Waals surface area (Å²) >= 11 is 0. The number of aromatic nitrogens is 3. The fourth-order valence-corrected chi connectivity index (χ4v) is 2.39. The number of halogens is 3. The molecule has 3 aromatic rings. The minimum absolute atomic E-state index is 0.0675. The summed E-state index contributed by atoms with van der Waals surface area (Å²) in [6, 6.07) is 8.78. The number of aryl methyl sites for hydroxylation is 1. The summed E-state index contributed by atoms with van der Waals surface area (Å²) < 4.78 is 39.1. The van der Waals surface area contributed by atoms with Crippen molar-refractivity contribution >= 4 is 17.4 Å². The van der Waals surface area contributed by atoms with Gasteiger partial charge in [-0.25, -0.2) is 4.68 Å². The van der Waals surface area contributed by atoms with Gasteiger partial charge in [0.05, 0.1) is 21.9 Å². The lowest BCUT2D eigenvalue weighted by Gasteiger charge is -2.10. The van der Waals surface area contributed by atoms with E-state index in [1.165, 1.54) is 28.9 Å². The van der Waals surface area contributed by atoms with Gasteiger partial charge in [-0.3, -0.25) is 19.9 Å². The summed E-state index contributed by atoms with van der Waals surface area (Å²) in [5.41, 5.74) is -0.259. The number of amides is 1. The normalized spacial score (nSPS) is 11.3. The molecule has 0 saturated heterocycles. The monoisotopic (exact) mass is 391 g/mol. The predicted octanol–water partition coefficient (Wildman–Crippen LogP) is 3.76. The average Bonchev–Trinajstić information content (AvgIpc) is 3.01. The van der Waals surface area contributed by atoms with E-state index in [0.717, 1.165) is 12.3 Å². The molecule has 1 N–H and O–H groups in total. The van der Waals surface area contributed by atoms with Crippen LogP contribution in [0, 0.1) is 17.0 Å². The molecule has 0 fully saturated rings. The van der Waals surface area contributed by atoms with Crippen LogP contribution >= 0.6 is 0 Å². The number of nitro groups is 1. The highest BCUT2D eigenvalue weighted by Crippen LogP contribution is 2.27. The van der Waals surface area contributed by atoms with E-state index in [-0.39, 0.29) is 17.1 Å². The molecule has 11 heteroatoms. The molecule has 2 heterocycles. The number of rotatable bonds is 4. The summed E-state index contributed by atoms with van der Waals surface area (Å²) in [7, 11) is 0. The molecule has 8 nitrogen and oxygen atoms in total. The third-order valence-electron chi connectivity index (χ3n) is 3.69. The van der Waals surface area contributed by atoms with E-state index in [2.05, 4.69) is 15.4 Å². The van der Waals surface area contributed by atoms with Gasteiger partial charge in [-0.05, 0) is 31.2 Å². The summed E-state index contributed by atoms with van der Waals surface area (Å²) in [5.74, 6) is -0.430. The number of nitrogens with zero attached hydrogens (tertiary/aromatic N) is 4. The van der Waals surface area contributed by atoms with Crippen molar-refractivity contribution in [2.75, 3.05) is 5.32 Å². The minimum atomic E-state index is -4.60. The van der Waals surface area contributed by atoms with Crippen molar-refractivity contribution in [3.63, 3.8) is 0 Å². The van der Waals surface area contributed by atoms with Gasteiger partial charge < -0.3 is 5.32 Å². The maximum Gasteiger partial charge on any atom is 0.433 e. The second-order valence-corrected chi connectivity index (χ2v) is 5.74. The molecule has 0 aliphatic heterocycles. The molecule has 0 aliphatic carbocycles. The van der Waals surface area contributed by atoms with Crippen molar-refractivity contribution in [2.24, 2.45) is 0 Å². The maximum absolute atomic E-state index is 12.6. The Morgan fingerprint density at radius 2 is 1.86 bits per heavy atom. The van der Waals surface area contributed by atoms with Crippen LogP contribution in [0.3, 0.4) is 0 Å². The van der Waals surface area contributed by atoms with Gasteiger partial charge in [0.15, 0.2) is 0 Å². The first-order valence-electron chi connectivity index (χ1n) is 7.81. The Morgan fingerprint density at radius 1 is 1.18 bits per heavy atom. The molecule has 0 aliphatic rings. The Morgan fingerprint density at radius 3 is 2.39 bits per heavy atom. The van der Waals surface area contributed by atoms with E-state index in [0.29, 0.717) is 17.4 Å². The first-order valence-corrected chi connectivity index (χ1v) is 7.81. The molecule has 0 radical (unpaired) electrons. The molecule has 0 atom stereocenters. The number of alkyl halides is 3. The van der Waals surface area contributed by atoms with E-state index < -0.39 is 22.7 Å². The number of non-ortho nitro benzene ring substituents is 1. The third-order valence-corrected chi connectivity index (χ3v) is 3.69. The molecule has 0 unspecified atom stereocenters. The van der Waals surface area contributed by atoms with Crippen molar-refractivity contribution < 1.29 is 22.9 Å². The number of nitro benzene ring substituents is 1. The third kappa shape index (κ3) is 3.98. The van der Waals surface area contributed by atoms with Crippen LogP contribution in [-0.2, 0) is 6.18 Å². The quantitative estimate of drug-likeness (QED) is 0.539. The highest BCUT2D eigenvalue weighted by Gasteiger charge is 2.32. The van der Waals surface area contributed by atoms with Crippen molar-refractivity contribution in [1.29, 1.82) is 0 Å². The van der Waals surface area contributed by atoms with Gasteiger partial charge in [0.2, 0.25) is 0 Å². The number of nitrogens with one attached hydrogen (secondary N) is 1. The lowest BCUT2D eigenvalue weighted by Crippen LogP contribution is -2.16. The van der Waals surface area contributed by atoms with Gasteiger partial charge in [-0.2, -0.15) is 18.3 Å². The van der Waals surface area contributed by atoms with Crippen LogP contribution in [0.25, 0.3) is 5.69 Å². The van der Waals surface area contributed by atoms with E-state index in [1.54, 1.807) is 13.0 Å². The van der Waals surface area contributed by atoms with Crippen molar-refractivity contribution in [2.45, 2.75) is 13.1 Å². The van der Waals surface area contributed by atoms with Crippen LogP contribution in [0.5, 0.6) is 0 Å². The highest BCUT2D eigenvalue weighted by molar-refractivity contribution is 6.03. The lowest BCUT2D eigenvalue weighted by molar-refractivity contribution is -0.384. The van der Waals surface area contributed by atoms with Gasteiger partial charge in [0, 0.05) is 24.4 Å². The predicted molar refractivity (Wildman–Crippen MR) is 92.1 cm³/mol. The SMILES string of the molecule is Cc1cc(NC(=O)c2ccc(C(F)(F)F)nc2)n(-c2ccc([N+](=O)[O-])cc2)n1. The Balaban J connectivity index is 1.85.